The molecule has 0 aliphatic carbocycles. The van der Waals surface area contributed by atoms with E-state index < -0.39 is 0 Å². The molecule has 0 radical (unpaired) electrons. The van der Waals surface area contributed by atoms with Crippen molar-refractivity contribution < 1.29 is 0 Å². The van der Waals surface area contributed by atoms with E-state index >= 15 is 0 Å². The summed E-state index contributed by atoms with van der Waals surface area (Å²) in [5, 5.41) is 9.26. The molecule has 0 spiro atoms. The maximum absolute atomic E-state index is 4.65. The fourth-order valence-corrected chi connectivity index (χ4v) is 4.25. The molecule has 0 unspecified atom stereocenters. The van der Waals surface area contributed by atoms with Crippen LogP contribution in [-0.4, -0.2) is 43.7 Å². The topological polar surface area (TPSA) is 52.6 Å². The molecule has 0 saturated carbocycles. The first-order chi connectivity index (χ1) is 13.0. The molecule has 3 heterocycles. The van der Waals surface area contributed by atoms with Gasteiger partial charge in [0.2, 0.25) is 0 Å². The Labute approximate surface area is 190 Å². The lowest BCUT2D eigenvalue weighted by molar-refractivity contribution is 0.453. The van der Waals surface area contributed by atoms with E-state index in [0.29, 0.717) is 6.04 Å². The van der Waals surface area contributed by atoms with Gasteiger partial charge in [0.05, 0.1) is 0 Å². The molecule has 1 fully saturated rings. The number of guanidine groups is 1. The van der Waals surface area contributed by atoms with E-state index in [2.05, 4.69) is 69.0 Å². The van der Waals surface area contributed by atoms with Crippen molar-refractivity contribution >= 4 is 47.1 Å². The quantitative estimate of drug-likeness (QED) is 0.358. The number of hydrogen-bond donors (Lipinski definition) is 2. The Bertz CT molecular complexity index is 752. The molecule has 0 amide bonds. The predicted octanol–water partition coefficient (Wildman–Crippen LogP) is 4.18. The van der Waals surface area contributed by atoms with Crippen LogP contribution in [0.25, 0.3) is 0 Å². The van der Waals surface area contributed by atoms with E-state index in [4.69, 9.17) is 0 Å². The summed E-state index contributed by atoms with van der Waals surface area (Å²) in [5.74, 6) is 1.99. The zero-order valence-electron chi connectivity index (χ0n) is 17.2. The molecule has 1 aliphatic heterocycles. The van der Waals surface area contributed by atoms with Gasteiger partial charge in [0, 0.05) is 48.7 Å². The van der Waals surface area contributed by atoms with Gasteiger partial charge in [-0.15, -0.1) is 35.3 Å². The first kappa shape index (κ1) is 22.9. The highest BCUT2D eigenvalue weighted by molar-refractivity contribution is 14.0. The molecule has 0 aromatic carbocycles. The number of nitrogens with zero attached hydrogens (tertiary/aromatic N) is 3. The molecule has 154 valence electrons. The van der Waals surface area contributed by atoms with Crippen molar-refractivity contribution in [3.63, 3.8) is 0 Å². The first-order valence-electron chi connectivity index (χ1n) is 9.68. The Morgan fingerprint density at radius 1 is 1.25 bits per heavy atom. The lowest BCUT2D eigenvalue weighted by Gasteiger charge is -2.34. The van der Waals surface area contributed by atoms with Crippen molar-refractivity contribution in [3.8, 4) is 0 Å². The van der Waals surface area contributed by atoms with Crippen LogP contribution in [0.5, 0.6) is 0 Å². The van der Waals surface area contributed by atoms with Crippen molar-refractivity contribution in [3.05, 3.63) is 46.3 Å². The molecule has 2 N–H and O–H groups in total. The molecule has 1 saturated heterocycles. The second kappa shape index (κ2) is 10.4. The average Bonchev–Trinajstić information content (AvgIpc) is 3.21. The van der Waals surface area contributed by atoms with Gasteiger partial charge in [-0.2, -0.15) is 0 Å². The smallest absolute Gasteiger partial charge is 0.191 e. The molecule has 28 heavy (non-hydrogen) atoms. The van der Waals surface area contributed by atoms with E-state index in [0.717, 1.165) is 49.9 Å². The number of halogens is 1. The molecule has 2 aromatic rings. The number of piperidine rings is 1. The van der Waals surface area contributed by atoms with Crippen molar-refractivity contribution in [1.29, 1.82) is 0 Å². The summed E-state index contributed by atoms with van der Waals surface area (Å²) < 4.78 is 0. The minimum absolute atomic E-state index is 0. The Morgan fingerprint density at radius 3 is 2.61 bits per heavy atom. The molecule has 0 atom stereocenters. The Balaban J connectivity index is 0.00000280. The normalized spacial score (nSPS) is 15.9. The zero-order valence-corrected chi connectivity index (χ0v) is 20.4. The molecule has 0 bridgehead atoms. The maximum atomic E-state index is 4.65. The van der Waals surface area contributed by atoms with E-state index in [9.17, 15) is 0 Å². The SMILES string of the molecule is CN=C(NCC(C)(C)c1cccs1)NC1CCN(c2cccc(C)n2)CC1.I. The van der Waals surface area contributed by atoms with Crippen LogP contribution >= 0.6 is 35.3 Å². The van der Waals surface area contributed by atoms with Gasteiger partial charge in [0.1, 0.15) is 5.82 Å². The Morgan fingerprint density at radius 2 is 2.00 bits per heavy atom. The highest BCUT2D eigenvalue weighted by atomic mass is 127. The molecule has 7 heteroatoms. The Kier molecular flexibility index (Phi) is 8.55. The number of hydrogen-bond acceptors (Lipinski definition) is 4. The number of aliphatic imine (C=N–C) groups is 1. The van der Waals surface area contributed by atoms with Crippen molar-refractivity contribution in [2.45, 2.75) is 45.1 Å². The summed E-state index contributed by atoms with van der Waals surface area (Å²) in [6.07, 6.45) is 2.18. The lowest BCUT2D eigenvalue weighted by atomic mass is 9.91. The summed E-state index contributed by atoms with van der Waals surface area (Å²) in [6, 6.07) is 11.0. The number of nitrogens with one attached hydrogen (secondary N) is 2. The van der Waals surface area contributed by atoms with E-state index in [1.807, 2.05) is 31.4 Å². The fourth-order valence-electron chi connectivity index (χ4n) is 3.40. The largest absolute Gasteiger partial charge is 0.356 e. The number of thiophene rings is 1. The number of aryl methyl sites for hydroxylation is 1. The summed E-state index contributed by atoms with van der Waals surface area (Å²) in [4.78, 5) is 12.8. The van der Waals surface area contributed by atoms with Crippen LogP contribution in [0.1, 0.15) is 37.3 Å². The lowest BCUT2D eigenvalue weighted by Crippen LogP contribution is -2.50. The number of rotatable bonds is 5. The fraction of sp³-hybridized carbons (Fsp3) is 0.524. The van der Waals surface area contributed by atoms with Crippen molar-refractivity contribution in [1.82, 2.24) is 15.6 Å². The van der Waals surface area contributed by atoms with Crippen LogP contribution in [0, 0.1) is 6.92 Å². The molecule has 2 aromatic heterocycles. The summed E-state index contributed by atoms with van der Waals surface area (Å²) in [7, 11) is 1.85. The van der Waals surface area contributed by atoms with Gasteiger partial charge in [-0.25, -0.2) is 4.98 Å². The zero-order chi connectivity index (χ0) is 19.3. The third-order valence-corrected chi connectivity index (χ3v) is 6.38. The van der Waals surface area contributed by atoms with Crippen molar-refractivity contribution in [2.75, 3.05) is 31.6 Å². The Hall–Kier alpha value is -1.35. The number of aromatic nitrogens is 1. The van der Waals surface area contributed by atoms with Crippen molar-refractivity contribution in [2.24, 2.45) is 4.99 Å². The van der Waals surface area contributed by atoms with Gasteiger partial charge in [0.25, 0.3) is 0 Å². The van der Waals surface area contributed by atoms with Crippen LogP contribution in [0.2, 0.25) is 0 Å². The number of anilines is 1. The van der Waals surface area contributed by atoms with Gasteiger partial charge < -0.3 is 15.5 Å². The van der Waals surface area contributed by atoms with E-state index in [-0.39, 0.29) is 29.4 Å². The molecule has 5 nitrogen and oxygen atoms in total. The summed E-state index contributed by atoms with van der Waals surface area (Å²) in [6.45, 7) is 9.49. The molecular weight excluding hydrogens is 481 g/mol. The summed E-state index contributed by atoms with van der Waals surface area (Å²) in [5.41, 5.74) is 1.16. The van der Waals surface area contributed by atoms with Gasteiger partial charge >= 0.3 is 0 Å². The predicted molar refractivity (Wildman–Crippen MR) is 131 cm³/mol. The van der Waals surface area contributed by atoms with Gasteiger partial charge in [-0.3, -0.25) is 4.99 Å². The molecule has 1 aliphatic rings. The van der Waals surface area contributed by atoms with Crippen LogP contribution in [0.15, 0.2) is 40.7 Å². The minimum Gasteiger partial charge on any atom is -0.356 e. The highest BCUT2D eigenvalue weighted by Crippen LogP contribution is 2.26. The van der Waals surface area contributed by atoms with Crippen LogP contribution in [-0.2, 0) is 5.41 Å². The maximum Gasteiger partial charge on any atom is 0.191 e. The number of pyridine rings is 1. The third-order valence-electron chi connectivity index (χ3n) is 5.14. The average molecular weight is 513 g/mol. The van der Waals surface area contributed by atoms with Gasteiger partial charge in [-0.1, -0.05) is 26.0 Å². The standard InChI is InChI=1S/C21H31N5S.HI/c1-16-7-5-9-19(24-16)26-12-10-17(11-13-26)25-20(22-4)23-15-21(2,3)18-8-6-14-27-18;/h5-9,14,17H,10-13,15H2,1-4H3,(H2,22,23,25);1H. The van der Waals surface area contributed by atoms with Crippen LogP contribution in [0.3, 0.4) is 0 Å². The molecular formula is C21H32IN5S. The van der Waals surface area contributed by atoms with Gasteiger partial charge in [-0.05, 0) is 43.3 Å². The summed E-state index contributed by atoms with van der Waals surface area (Å²) >= 11 is 1.81. The van der Waals surface area contributed by atoms with E-state index in [1.165, 1.54) is 4.88 Å². The second-order valence-electron chi connectivity index (χ2n) is 7.83. The van der Waals surface area contributed by atoms with Crippen LogP contribution < -0.4 is 15.5 Å². The first-order valence-corrected chi connectivity index (χ1v) is 10.6. The van der Waals surface area contributed by atoms with E-state index in [1.54, 1.807) is 0 Å². The third kappa shape index (κ3) is 6.07. The monoisotopic (exact) mass is 513 g/mol. The highest BCUT2D eigenvalue weighted by Gasteiger charge is 2.24. The second-order valence-corrected chi connectivity index (χ2v) is 8.78. The van der Waals surface area contributed by atoms with Gasteiger partial charge in [0.15, 0.2) is 5.96 Å². The van der Waals surface area contributed by atoms with Crippen LogP contribution in [0.4, 0.5) is 5.82 Å². The minimum atomic E-state index is 0. The molecule has 3 rings (SSSR count).